The minimum absolute atomic E-state index is 0.0711. The highest BCUT2D eigenvalue weighted by atomic mass is 35.5. The highest BCUT2D eigenvalue weighted by molar-refractivity contribution is 6.33. The Kier molecular flexibility index (Phi) is 5.68. The first-order valence-electron chi connectivity index (χ1n) is 5.31. The van der Waals surface area contributed by atoms with Gasteiger partial charge < -0.3 is 10.0 Å². The zero-order valence-electron chi connectivity index (χ0n) is 9.49. The van der Waals surface area contributed by atoms with E-state index in [1.807, 2.05) is 6.92 Å². The minimum Gasteiger partial charge on any atom is -0.395 e. The van der Waals surface area contributed by atoms with Crippen LogP contribution in [-0.4, -0.2) is 40.6 Å². The Morgan fingerprint density at radius 3 is 2.41 bits per heavy atom. The molecule has 0 saturated carbocycles. The molecule has 0 atom stereocenters. The van der Waals surface area contributed by atoms with E-state index in [9.17, 15) is 4.79 Å². The molecule has 0 saturated heterocycles. The Morgan fingerprint density at radius 2 is 1.94 bits per heavy atom. The quantitative estimate of drug-likeness (QED) is 0.840. The van der Waals surface area contributed by atoms with Crippen molar-refractivity contribution in [3.63, 3.8) is 0 Å². The Balaban J connectivity index is 2.92. The number of aliphatic hydroxyl groups is 1. The maximum absolute atomic E-state index is 12.1. The fourth-order valence-electron chi connectivity index (χ4n) is 1.48. The van der Waals surface area contributed by atoms with Crippen LogP contribution in [-0.2, 0) is 0 Å². The van der Waals surface area contributed by atoms with Gasteiger partial charge >= 0.3 is 0 Å². The number of hydrogen-bond acceptors (Lipinski definition) is 3. The molecule has 0 bridgehead atoms. The molecule has 4 nitrogen and oxygen atoms in total. The van der Waals surface area contributed by atoms with E-state index in [4.69, 9.17) is 28.3 Å². The first-order chi connectivity index (χ1) is 8.08. The van der Waals surface area contributed by atoms with Crippen LogP contribution in [0.25, 0.3) is 0 Å². The van der Waals surface area contributed by atoms with Crippen LogP contribution in [0, 0.1) is 0 Å². The third-order valence-corrected chi connectivity index (χ3v) is 2.55. The Labute approximate surface area is 110 Å². The maximum Gasteiger partial charge on any atom is 0.254 e. The predicted octanol–water partition coefficient (Wildman–Crippen LogP) is 2.23. The lowest BCUT2D eigenvalue weighted by Crippen LogP contribution is -2.34. The third-order valence-electron chi connectivity index (χ3n) is 2.16. The molecule has 0 radical (unpaired) electrons. The minimum atomic E-state index is -0.202. The Morgan fingerprint density at radius 1 is 1.35 bits per heavy atom. The van der Waals surface area contributed by atoms with Gasteiger partial charge in [0.15, 0.2) is 0 Å². The standard InChI is InChI=1S/C11H14Cl2N2O2/c1-2-3-15(4-5-16)11(17)8-6-9(12)14-10(13)7-8/h6-7,16H,2-5H2,1H3. The molecular weight excluding hydrogens is 263 g/mol. The van der Waals surface area contributed by atoms with E-state index in [-0.39, 0.29) is 22.8 Å². The number of nitrogens with zero attached hydrogens (tertiary/aromatic N) is 2. The number of hydrogen-bond donors (Lipinski definition) is 1. The van der Waals surface area contributed by atoms with Gasteiger partial charge in [0.2, 0.25) is 0 Å². The van der Waals surface area contributed by atoms with Crippen molar-refractivity contribution in [1.82, 2.24) is 9.88 Å². The topological polar surface area (TPSA) is 53.4 Å². The molecule has 1 aromatic rings. The fraction of sp³-hybridized carbons (Fsp3) is 0.455. The Hall–Kier alpha value is -0.840. The monoisotopic (exact) mass is 276 g/mol. The lowest BCUT2D eigenvalue weighted by molar-refractivity contribution is 0.0722. The van der Waals surface area contributed by atoms with Gasteiger partial charge in [0.05, 0.1) is 6.61 Å². The lowest BCUT2D eigenvalue weighted by Gasteiger charge is -2.21. The number of aromatic nitrogens is 1. The van der Waals surface area contributed by atoms with Gasteiger partial charge in [0, 0.05) is 18.7 Å². The molecule has 0 spiro atoms. The van der Waals surface area contributed by atoms with Gasteiger partial charge in [-0.05, 0) is 18.6 Å². The highest BCUT2D eigenvalue weighted by Crippen LogP contribution is 2.16. The zero-order chi connectivity index (χ0) is 12.8. The van der Waals surface area contributed by atoms with Crippen LogP contribution >= 0.6 is 23.2 Å². The molecule has 1 heterocycles. The van der Waals surface area contributed by atoms with Crippen molar-refractivity contribution in [1.29, 1.82) is 0 Å². The van der Waals surface area contributed by atoms with Gasteiger partial charge in [-0.2, -0.15) is 0 Å². The second-order valence-electron chi connectivity index (χ2n) is 3.52. The molecule has 94 valence electrons. The highest BCUT2D eigenvalue weighted by Gasteiger charge is 2.15. The summed E-state index contributed by atoms with van der Waals surface area (Å²) in [7, 11) is 0. The van der Waals surface area contributed by atoms with Crippen molar-refractivity contribution >= 4 is 29.1 Å². The molecule has 1 aromatic heterocycles. The number of carbonyl (C=O) groups is 1. The maximum atomic E-state index is 12.1. The summed E-state index contributed by atoms with van der Waals surface area (Å²) >= 11 is 11.5. The largest absolute Gasteiger partial charge is 0.395 e. The second-order valence-corrected chi connectivity index (χ2v) is 4.29. The number of amides is 1. The van der Waals surface area contributed by atoms with Crippen molar-refractivity contribution < 1.29 is 9.90 Å². The summed E-state index contributed by atoms with van der Waals surface area (Å²) in [4.78, 5) is 17.4. The van der Waals surface area contributed by atoms with E-state index in [0.717, 1.165) is 6.42 Å². The molecule has 0 aliphatic heterocycles. The van der Waals surface area contributed by atoms with Gasteiger partial charge in [-0.1, -0.05) is 30.1 Å². The van der Waals surface area contributed by atoms with E-state index in [1.54, 1.807) is 4.90 Å². The first-order valence-corrected chi connectivity index (χ1v) is 6.07. The van der Waals surface area contributed by atoms with E-state index >= 15 is 0 Å². The fourth-order valence-corrected chi connectivity index (χ4v) is 1.94. The predicted molar refractivity (Wildman–Crippen MR) is 67.5 cm³/mol. The molecule has 17 heavy (non-hydrogen) atoms. The Bertz CT molecular complexity index is 373. The summed E-state index contributed by atoms with van der Waals surface area (Å²) in [6.07, 6.45) is 0.818. The van der Waals surface area contributed by atoms with Crippen molar-refractivity contribution in [2.45, 2.75) is 13.3 Å². The molecule has 0 aliphatic rings. The SMILES string of the molecule is CCCN(CCO)C(=O)c1cc(Cl)nc(Cl)c1. The van der Waals surface area contributed by atoms with Crippen molar-refractivity contribution in [3.8, 4) is 0 Å². The van der Waals surface area contributed by atoms with Crippen molar-refractivity contribution in [3.05, 3.63) is 28.0 Å². The van der Waals surface area contributed by atoms with Crippen LogP contribution in [0.2, 0.25) is 10.3 Å². The zero-order valence-corrected chi connectivity index (χ0v) is 11.0. The molecule has 0 aromatic carbocycles. The second kappa shape index (κ2) is 6.79. The first kappa shape index (κ1) is 14.2. The average Bonchev–Trinajstić information content (AvgIpc) is 2.26. The van der Waals surface area contributed by atoms with E-state index < -0.39 is 0 Å². The summed E-state index contributed by atoms with van der Waals surface area (Å²) in [5.41, 5.74) is 0.386. The van der Waals surface area contributed by atoms with Crippen LogP contribution in [0.5, 0.6) is 0 Å². The summed E-state index contributed by atoms with van der Waals surface area (Å²) in [5.74, 6) is -0.202. The van der Waals surface area contributed by atoms with Crippen LogP contribution in [0.3, 0.4) is 0 Å². The average molecular weight is 277 g/mol. The van der Waals surface area contributed by atoms with E-state index in [0.29, 0.717) is 18.7 Å². The number of carbonyl (C=O) groups excluding carboxylic acids is 1. The van der Waals surface area contributed by atoms with E-state index in [1.165, 1.54) is 12.1 Å². The lowest BCUT2D eigenvalue weighted by atomic mass is 10.2. The van der Waals surface area contributed by atoms with Gasteiger partial charge in [-0.25, -0.2) is 4.98 Å². The molecule has 1 amide bonds. The van der Waals surface area contributed by atoms with Crippen LogP contribution < -0.4 is 0 Å². The number of rotatable bonds is 5. The van der Waals surface area contributed by atoms with E-state index in [2.05, 4.69) is 4.98 Å². The normalized spacial score (nSPS) is 10.4. The molecule has 1 rings (SSSR count). The molecule has 1 N–H and O–H groups in total. The third kappa shape index (κ3) is 4.15. The molecule has 0 aliphatic carbocycles. The summed E-state index contributed by atoms with van der Waals surface area (Å²) in [5, 5.41) is 9.27. The molecule has 0 fully saturated rings. The van der Waals surface area contributed by atoms with Crippen LogP contribution in [0.15, 0.2) is 12.1 Å². The number of aliphatic hydroxyl groups excluding tert-OH is 1. The molecular formula is C11H14Cl2N2O2. The van der Waals surface area contributed by atoms with Crippen LogP contribution in [0.4, 0.5) is 0 Å². The molecule has 6 heteroatoms. The summed E-state index contributed by atoms with van der Waals surface area (Å²) in [6, 6.07) is 2.94. The molecule has 0 unspecified atom stereocenters. The van der Waals surface area contributed by atoms with Crippen molar-refractivity contribution in [2.75, 3.05) is 19.7 Å². The summed E-state index contributed by atoms with van der Waals surface area (Å²) in [6.45, 7) is 2.77. The van der Waals surface area contributed by atoms with Gasteiger partial charge in [-0.3, -0.25) is 4.79 Å². The van der Waals surface area contributed by atoms with Gasteiger partial charge in [0.1, 0.15) is 10.3 Å². The number of pyridine rings is 1. The van der Waals surface area contributed by atoms with Crippen LogP contribution in [0.1, 0.15) is 23.7 Å². The van der Waals surface area contributed by atoms with Crippen molar-refractivity contribution in [2.24, 2.45) is 0 Å². The smallest absolute Gasteiger partial charge is 0.254 e. The van der Waals surface area contributed by atoms with Gasteiger partial charge in [-0.15, -0.1) is 0 Å². The number of halogens is 2. The summed E-state index contributed by atoms with van der Waals surface area (Å²) < 4.78 is 0. The van der Waals surface area contributed by atoms with Gasteiger partial charge in [0.25, 0.3) is 5.91 Å².